The van der Waals surface area contributed by atoms with E-state index in [4.69, 9.17) is 0 Å². The minimum absolute atomic E-state index is 0.0595. The first-order valence-corrected chi connectivity index (χ1v) is 7.48. The molecule has 1 aromatic rings. The summed E-state index contributed by atoms with van der Waals surface area (Å²) < 4.78 is 0. The fourth-order valence-corrected chi connectivity index (χ4v) is 4.00. The molecule has 2 rings (SSSR count). The fraction of sp³-hybridized carbons (Fsp3) is 0.714. The lowest BCUT2D eigenvalue weighted by Gasteiger charge is -2.44. The minimum atomic E-state index is -0.963. The molecule has 0 amide bonds. The molecule has 4 nitrogen and oxygen atoms in total. The van der Waals surface area contributed by atoms with E-state index in [-0.39, 0.29) is 17.3 Å². The van der Waals surface area contributed by atoms with Crippen LogP contribution in [-0.2, 0) is 10.4 Å². The van der Waals surface area contributed by atoms with Gasteiger partial charge in [0.05, 0.1) is 5.92 Å². The van der Waals surface area contributed by atoms with Crippen LogP contribution >= 0.6 is 11.3 Å². The van der Waals surface area contributed by atoms with Crippen molar-refractivity contribution in [1.82, 2.24) is 4.98 Å². The monoisotopic (exact) mass is 283 g/mol. The molecular formula is C14H21NO3S. The van der Waals surface area contributed by atoms with Gasteiger partial charge in [0.2, 0.25) is 0 Å². The maximum absolute atomic E-state index is 11.3. The molecule has 2 N–H and O–H groups in total. The highest BCUT2D eigenvalue weighted by Gasteiger charge is 2.47. The molecule has 0 unspecified atom stereocenters. The van der Waals surface area contributed by atoms with Crippen molar-refractivity contribution in [3.8, 4) is 0 Å². The Morgan fingerprint density at radius 3 is 2.68 bits per heavy atom. The number of carbonyl (C=O) groups is 1. The molecule has 3 atom stereocenters. The van der Waals surface area contributed by atoms with Gasteiger partial charge in [-0.05, 0) is 37.5 Å². The number of hydrogen-bond donors (Lipinski definition) is 2. The van der Waals surface area contributed by atoms with Gasteiger partial charge in [-0.1, -0.05) is 13.8 Å². The van der Waals surface area contributed by atoms with Crippen LogP contribution in [0.25, 0.3) is 0 Å². The molecule has 1 aromatic heterocycles. The number of aliphatic carboxylic acids is 1. The first kappa shape index (κ1) is 14.5. The molecule has 106 valence electrons. The number of thiazole rings is 1. The average molecular weight is 283 g/mol. The van der Waals surface area contributed by atoms with Gasteiger partial charge in [0.15, 0.2) is 0 Å². The second-order valence-electron chi connectivity index (χ2n) is 6.34. The normalized spacial score (nSPS) is 29.7. The zero-order valence-electron chi connectivity index (χ0n) is 11.6. The summed E-state index contributed by atoms with van der Waals surface area (Å²) in [4.78, 5) is 15.5. The molecular weight excluding hydrogens is 262 g/mol. The van der Waals surface area contributed by atoms with Crippen LogP contribution < -0.4 is 0 Å². The third-order valence-electron chi connectivity index (χ3n) is 4.48. The molecule has 0 saturated heterocycles. The van der Waals surface area contributed by atoms with Crippen LogP contribution in [-0.4, -0.2) is 21.2 Å². The van der Waals surface area contributed by atoms with Crippen LogP contribution in [0.4, 0.5) is 0 Å². The number of carboxylic acid groups (broad SMARTS) is 1. The lowest BCUT2D eigenvalue weighted by Crippen LogP contribution is -2.43. The number of aromatic nitrogens is 1. The number of carboxylic acids is 1. The van der Waals surface area contributed by atoms with Crippen LogP contribution in [0, 0.1) is 17.3 Å². The summed E-state index contributed by atoms with van der Waals surface area (Å²) in [6, 6.07) is 0. The SMILES string of the molecule is CC1(C)C[C@@H]([C@](C)(O)c2nccs2)CC[C@@H]1C(=O)O. The van der Waals surface area contributed by atoms with Crippen LogP contribution in [0.15, 0.2) is 11.6 Å². The van der Waals surface area contributed by atoms with Gasteiger partial charge in [0.25, 0.3) is 0 Å². The summed E-state index contributed by atoms with van der Waals surface area (Å²) in [5, 5.41) is 22.6. The molecule has 1 heterocycles. The Balaban J connectivity index is 2.19. The minimum Gasteiger partial charge on any atom is -0.481 e. The third kappa shape index (κ3) is 2.67. The number of hydrogen-bond acceptors (Lipinski definition) is 4. The van der Waals surface area contributed by atoms with Crippen molar-refractivity contribution in [3.05, 3.63) is 16.6 Å². The molecule has 0 radical (unpaired) electrons. The molecule has 19 heavy (non-hydrogen) atoms. The standard InChI is InChI=1S/C14H21NO3S/c1-13(2)8-9(4-5-10(13)11(16)17)14(3,18)12-15-6-7-19-12/h6-7,9-10,18H,4-5,8H2,1-3H3,(H,16,17)/t9-,10+,14-/m0/s1. The molecule has 0 aliphatic heterocycles. The molecule has 0 bridgehead atoms. The second-order valence-corrected chi connectivity index (χ2v) is 7.24. The van der Waals surface area contributed by atoms with E-state index in [1.54, 1.807) is 13.1 Å². The van der Waals surface area contributed by atoms with Crippen molar-refractivity contribution in [3.63, 3.8) is 0 Å². The van der Waals surface area contributed by atoms with Gasteiger partial charge in [0.1, 0.15) is 10.6 Å². The van der Waals surface area contributed by atoms with Gasteiger partial charge in [-0.3, -0.25) is 4.79 Å². The number of aliphatic hydroxyl groups is 1. The maximum atomic E-state index is 11.3. The Morgan fingerprint density at radius 2 is 2.21 bits per heavy atom. The third-order valence-corrected chi connectivity index (χ3v) is 5.48. The van der Waals surface area contributed by atoms with Crippen molar-refractivity contribution < 1.29 is 15.0 Å². The average Bonchev–Trinajstić information content (AvgIpc) is 2.80. The van der Waals surface area contributed by atoms with E-state index in [1.807, 2.05) is 19.2 Å². The lowest BCUT2D eigenvalue weighted by molar-refractivity contribution is -0.151. The number of rotatable bonds is 3. The van der Waals surface area contributed by atoms with Gasteiger partial charge in [-0.2, -0.15) is 0 Å². The quantitative estimate of drug-likeness (QED) is 0.895. The maximum Gasteiger partial charge on any atom is 0.307 e. The Kier molecular flexibility index (Phi) is 3.71. The van der Waals surface area contributed by atoms with Crippen LogP contribution in [0.3, 0.4) is 0 Å². The molecule has 1 fully saturated rings. The topological polar surface area (TPSA) is 70.4 Å². The van der Waals surface area contributed by atoms with Crippen LogP contribution in [0.2, 0.25) is 0 Å². The smallest absolute Gasteiger partial charge is 0.307 e. The van der Waals surface area contributed by atoms with E-state index >= 15 is 0 Å². The number of nitrogens with zero attached hydrogens (tertiary/aromatic N) is 1. The zero-order valence-corrected chi connectivity index (χ0v) is 12.4. The van der Waals surface area contributed by atoms with Crippen molar-refractivity contribution in [2.24, 2.45) is 17.3 Å². The summed E-state index contributed by atoms with van der Waals surface area (Å²) in [5.74, 6) is -0.988. The van der Waals surface area contributed by atoms with Gasteiger partial charge in [-0.15, -0.1) is 11.3 Å². The molecule has 0 aromatic carbocycles. The van der Waals surface area contributed by atoms with Gasteiger partial charge in [0, 0.05) is 11.6 Å². The molecule has 0 spiro atoms. The predicted octanol–water partition coefficient (Wildman–Crippen LogP) is 2.88. The summed E-state index contributed by atoms with van der Waals surface area (Å²) >= 11 is 1.45. The first-order chi connectivity index (χ1) is 8.75. The second kappa shape index (κ2) is 4.87. The fourth-order valence-electron chi connectivity index (χ4n) is 3.22. The Morgan fingerprint density at radius 1 is 1.53 bits per heavy atom. The van der Waals surface area contributed by atoms with Crippen LogP contribution in [0.5, 0.6) is 0 Å². The molecule has 1 saturated carbocycles. The van der Waals surface area contributed by atoms with Crippen molar-refractivity contribution >= 4 is 17.3 Å². The van der Waals surface area contributed by atoms with Gasteiger partial charge in [-0.25, -0.2) is 4.98 Å². The molecule has 5 heteroatoms. The van der Waals surface area contributed by atoms with E-state index < -0.39 is 11.6 Å². The summed E-state index contributed by atoms with van der Waals surface area (Å²) in [6.07, 6.45) is 3.75. The van der Waals surface area contributed by atoms with Crippen molar-refractivity contribution in [2.75, 3.05) is 0 Å². The largest absolute Gasteiger partial charge is 0.481 e. The van der Waals surface area contributed by atoms with E-state index in [1.165, 1.54) is 11.3 Å². The van der Waals surface area contributed by atoms with E-state index in [0.29, 0.717) is 12.8 Å². The highest BCUT2D eigenvalue weighted by Crippen LogP contribution is 2.49. The van der Waals surface area contributed by atoms with Crippen LogP contribution in [0.1, 0.15) is 45.0 Å². The Bertz CT molecular complexity index is 453. The van der Waals surface area contributed by atoms with Gasteiger partial charge < -0.3 is 10.2 Å². The van der Waals surface area contributed by atoms with Gasteiger partial charge >= 0.3 is 5.97 Å². The lowest BCUT2D eigenvalue weighted by atomic mass is 9.62. The van der Waals surface area contributed by atoms with E-state index in [2.05, 4.69) is 4.98 Å². The van der Waals surface area contributed by atoms with E-state index in [0.717, 1.165) is 11.4 Å². The summed E-state index contributed by atoms with van der Waals surface area (Å²) in [6.45, 7) is 5.76. The Labute approximate surface area is 117 Å². The van der Waals surface area contributed by atoms with Crippen molar-refractivity contribution in [1.29, 1.82) is 0 Å². The zero-order chi connectivity index (χ0) is 14.3. The predicted molar refractivity (Wildman–Crippen MR) is 73.9 cm³/mol. The summed E-state index contributed by atoms with van der Waals surface area (Å²) in [7, 11) is 0. The highest BCUT2D eigenvalue weighted by molar-refractivity contribution is 7.09. The molecule has 1 aliphatic rings. The highest BCUT2D eigenvalue weighted by atomic mass is 32.1. The molecule has 1 aliphatic carbocycles. The van der Waals surface area contributed by atoms with Crippen molar-refractivity contribution in [2.45, 2.75) is 45.6 Å². The van der Waals surface area contributed by atoms with E-state index in [9.17, 15) is 15.0 Å². The summed E-state index contributed by atoms with van der Waals surface area (Å²) in [5.41, 5.74) is -1.26. The first-order valence-electron chi connectivity index (χ1n) is 6.60. The Hall–Kier alpha value is -0.940.